The molecular formula is C26H28ClN3O2S. The minimum Gasteiger partial charge on any atom is -0.494 e. The molecule has 4 aromatic rings. The number of halogens is 1. The van der Waals surface area contributed by atoms with Gasteiger partial charge in [-0.05, 0) is 55.9 Å². The fourth-order valence-corrected chi connectivity index (χ4v) is 4.63. The van der Waals surface area contributed by atoms with Gasteiger partial charge in [0.15, 0.2) is 5.13 Å². The minimum absolute atomic E-state index is 0. The topological polar surface area (TPSA) is 45.7 Å². The van der Waals surface area contributed by atoms with Crippen LogP contribution in [-0.4, -0.2) is 50.1 Å². The fraction of sp³-hybridized carbons (Fsp3) is 0.231. The normalized spacial score (nSPS) is 10.8. The molecule has 1 amide bonds. The van der Waals surface area contributed by atoms with E-state index in [9.17, 15) is 4.79 Å². The molecule has 0 fully saturated rings. The van der Waals surface area contributed by atoms with E-state index in [-0.39, 0.29) is 18.3 Å². The number of ether oxygens (including phenoxy) is 1. The van der Waals surface area contributed by atoms with E-state index in [1.165, 1.54) is 11.3 Å². The van der Waals surface area contributed by atoms with E-state index in [0.717, 1.165) is 39.2 Å². The lowest BCUT2D eigenvalue weighted by molar-refractivity contribution is 0.0985. The highest BCUT2D eigenvalue weighted by Crippen LogP contribution is 2.37. The van der Waals surface area contributed by atoms with Crippen molar-refractivity contribution < 1.29 is 9.53 Å². The van der Waals surface area contributed by atoms with Crippen molar-refractivity contribution in [3.63, 3.8) is 0 Å². The number of likely N-dealkylation sites (N-methyl/N-ethyl adjacent to an activating group) is 1. The Bertz CT molecular complexity index is 1220. The van der Waals surface area contributed by atoms with Gasteiger partial charge in [0.1, 0.15) is 11.3 Å². The zero-order chi connectivity index (χ0) is 22.7. The lowest BCUT2D eigenvalue weighted by Crippen LogP contribution is -2.36. The van der Waals surface area contributed by atoms with Crippen LogP contribution in [0.3, 0.4) is 0 Å². The number of nitrogens with zero attached hydrogens (tertiary/aromatic N) is 3. The second-order valence-corrected chi connectivity index (χ2v) is 8.94. The molecule has 0 aliphatic carbocycles. The van der Waals surface area contributed by atoms with Crippen LogP contribution < -0.4 is 9.64 Å². The molecular weight excluding hydrogens is 454 g/mol. The molecule has 0 spiro atoms. The lowest BCUT2D eigenvalue weighted by Gasteiger charge is -2.22. The van der Waals surface area contributed by atoms with Gasteiger partial charge in [-0.1, -0.05) is 59.9 Å². The number of thiazole rings is 1. The number of anilines is 1. The maximum atomic E-state index is 13.6. The van der Waals surface area contributed by atoms with Crippen molar-refractivity contribution >= 4 is 45.0 Å². The van der Waals surface area contributed by atoms with Gasteiger partial charge < -0.3 is 9.64 Å². The predicted molar refractivity (Wildman–Crippen MR) is 140 cm³/mol. The molecule has 0 N–H and O–H groups in total. The summed E-state index contributed by atoms with van der Waals surface area (Å²) >= 11 is 1.53. The summed E-state index contributed by atoms with van der Waals surface area (Å²) < 4.78 is 6.55. The minimum atomic E-state index is -0.0536. The first-order valence-electron chi connectivity index (χ1n) is 10.5. The number of amides is 1. The van der Waals surface area contributed by atoms with Crippen LogP contribution in [-0.2, 0) is 0 Å². The largest absolute Gasteiger partial charge is 0.494 e. The Morgan fingerprint density at radius 1 is 0.939 bits per heavy atom. The molecule has 172 valence electrons. The molecule has 0 bridgehead atoms. The summed E-state index contributed by atoms with van der Waals surface area (Å²) in [6.07, 6.45) is 0. The van der Waals surface area contributed by atoms with E-state index in [1.807, 2.05) is 68.7 Å². The van der Waals surface area contributed by atoms with Gasteiger partial charge in [0.25, 0.3) is 5.91 Å². The van der Waals surface area contributed by atoms with Crippen LogP contribution >= 0.6 is 23.7 Å². The molecule has 0 aliphatic heterocycles. The van der Waals surface area contributed by atoms with Crippen molar-refractivity contribution in [2.45, 2.75) is 6.92 Å². The quantitative estimate of drug-likeness (QED) is 0.329. The Morgan fingerprint density at radius 3 is 2.24 bits per heavy atom. The SMILES string of the molecule is COc1ccc(C)c2sc(N(CCN(C)C)C(=O)c3ccc(-c4ccccc4)cc3)nc12.Cl. The number of aromatic nitrogens is 1. The molecule has 0 radical (unpaired) electrons. The highest BCUT2D eigenvalue weighted by Gasteiger charge is 2.23. The Hall–Kier alpha value is -2.93. The third-order valence-corrected chi connectivity index (χ3v) is 6.61. The number of hydrogen-bond acceptors (Lipinski definition) is 5. The maximum Gasteiger partial charge on any atom is 0.260 e. The van der Waals surface area contributed by atoms with Crippen molar-refractivity contribution in [1.82, 2.24) is 9.88 Å². The van der Waals surface area contributed by atoms with Crippen molar-refractivity contribution in [2.24, 2.45) is 0 Å². The lowest BCUT2D eigenvalue weighted by atomic mass is 10.0. The molecule has 1 heterocycles. The Labute approximate surface area is 205 Å². The Morgan fingerprint density at radius 2 is 1.61 bits per heavy atom. The molecule has 7 heteroatoms. The second kappa shape index (κ2) is 10.8. The predicted octanol–water partition coefficient (Wildman–Crippen LogP) is 5.91. The number of rotatable bonds is 7. The molecule has 0 aliphatic rings. The molecule has 0 unspecified atom stereocenters. The van der Waals surface area contributed by atoms with Crippen molar-refractivity contribution in [3.8, 4) is 16.9 Å². The monoisotopic (exact) mass is 481 g/mol. The van der Waals surface area contributed by atoms with E-state index >= 15 is 0 Å². The number of fused-ring (bicyclic) bond motifs is 1. The van der Waals surface area contributed by atoms with Gasteiger partial charge in [-0.25, -0.2) is 4.98 Å². The number of methoxy groups -OCH3 is 1. The molecule has 0 atom stereocenters. The smallest absolute Gasteiger partial charge is 0.260 e. The van der Waals surface area contributed by atoms with E-state index in [1.54, 1.807) is 12.0 Å². The Balaban J connectivity index is 0.00000306. The van der Waals surface area contributed by atoms with Crippen LogP contribution in [0.15, 0.2) is 66.7 Å². The van der Waals surface area contributed by atoms with Crippen LogP contribution in [0.5, 0.6) is 5.75 Å². The number of hydrogen-bond donors (Lipinski definition) is 0. The number of carbonyl (C=O) groups excluding carboxylic acids is 1. The van der Waals surface area contributed by atoms with Crippen LogP contribution in [0, 0.1) is 6.92 Å². The third kappa shape index (κ3) is 5.36. The molecule has 4 rings (SSSR count). The van der Waals surface area contributed by atoms with Crippen molar-refractivity contribution in [2.75, 3.05) is 39.2 Å². The van der Waals surface area contributed by atoms with Crippen LogP contribution in [0.2, 0.25) is 0 Å². The first-order valence-corrected chi connectivity index (χ1v) is 11.4. The summed E-state index contributed by atoms with van der Waals surface area (Å²) in [4.78, 5) is 22.2. The van der Waals surface area contributed by atoms with E-state index in [0.29, 0.717) is 17.2 Å². The third-order valence-electron chi connectivity index (χ3n) is 5.40. The van der Waals surface area contributed by atoms with Crippen molar-refractivity contribution in [1.29, 1.82) is 0 Å². The first-order chi connectivity index (χ1) is 15.5. The van der Waals surface area contributed by atoms with Crippen LogP contribution in [0.1, 0.15) is 15.9 Å². The Kier molecular flexibility index (Phi) is 8.08. The van der Waals surface area contributed by atoms with E-state index in [2.05, 4.69) is 24.0 Å². The fourth-order valence-electron chi connectivity index (χ4n) is 3.55. The van der Waals surface area contributed by atoms with Crippen molar-refractivity contribution in [3.05, 3.63) is 77.9 Å². The van der Waals surface area contributed by atoms with Gasteiger partial charge in [0.2, 0.25) is 0 Å². The van der Waals surface area contributed by atoms with Crippen LogP contribution in [0.4, 0.5) is 5.13 Å². The summed E-state index contributed by atoms with van der Waals surface area (Å²) in [5, 5.41) is 0.687. The first kappa shape index (κ1) is 24.7. The summed E-state index contributed by atoms with van der Waals surface area (Å²) in [6, 6.07) is 21.9. The average molecular weight is 482 g/mol. The van der Waals surface area contributed by atoms with E-state index in [4.69, 9.17) is 9.72 Å². The molecule has 0 saturated heterocycles. The number of benzene rings is 3. The molecule has 3 aromatic carbocycles. The maximum absolute atomic E-state index is 13.6. The molecule has 1 aromatic heterocycles. The average Bonchev–Trinajstić information content (AvgIpc) is 3.26. The summed E-state index contributed by atoms with van der Waals surface area (Å²) in [7, 11) is 5.65. The summed E-state index contributed by atoms with van der Waals surface area (Å²) in [6.45, 7) is 3.34. The van der Waals surface area contributed by atoms with Gasteiger partial charge in [-0.3, -0.25) is 9.69 Å². The highest BCUT2D eigenvalue weighted by atomic mass is 35.5. The molecule has 5 nitrogen and oxygen atoms in total. The molecule has 0 saturated carbocycles. The number of aryl methyl sites for hydroxylation is 1. The standard InChI is InChI=1S/C26H27N3O2S.ClH/c1-18-10-15-22(31-4)23-24(18)32-26(27-23)29(17-16-28(2)3)25(30)21-13-11-20(12-14-21)19-8-6-5-7-9-19;/h5-15H,16-17H2,1-4H3;1H. The van der Waals surface area contributed by atoms with Gasteiger partial charge in [0, 0.05) is 18.7 Å². The van der Waals surface area contributed by atoms with E-state index < -0.39 is 0 Å². The second-order valence-electron chi connectivity index (χ2n) is 7.96. The summed E-state index contributed by atoms with van der Waals surface area (Å²) in [5.41, 5.74) is 4.78. The van der Waals surface area contributed by atoms with Crippen LogP contribution in [0.25, 0.3) is 21.3 Å². The van der Waals surface area contributed by atoms with Gasteiger partial charge in [0.05, 0.1) is 11.8 Å². The highest BCUT2D eigenvalue weighted by molar-refractivity contribution is 7.22. The zero-order valence-corrected chi connectivity index (χ0v) is 20.9. The van der Waals surface area contributed by atoms with Gasteiger partial charge >= 0.3 is 0 Å². The van der Waals surface area contributed by atoms with Gasteiger partial charge in [-0.2, -0.15) is 0 Å². The van der Waals surface area contributed by atoms with Gasteiger partial charge in [-0.15, -0.1) is 12.4 Å². The summed E-state index contributed by atoms with van der Waals surface area (Å²) in [5.74, 6) is 0.669. The number of carbonyl (C=O) groups is 1. The molecule has 33 heavy (non-hydrogen) atoms. The zero-order valence-electron chi connectivity index (χ0n) is 19.2.